The van der Waals surface area contributed by atoms with E-state index in [0.29, 0.717) is 0 Å². The molecule has 2 atom stereocenters. The highest BCUT2D eigenvalue weighted by Crippen LogP contribution is 2.37. The molecule has 2 fully saturated rings. The van der Waals surface area contributed by atoms with E-state index in [1.54, 1.807) is 0 Å². The topological polar surface area (TPSA) is 75.7 Å². The first-order valence-electron chi connectivity index (χ1n) is 7.96. The van der Waals surface area contributed by atoms with E-state index in [2.05, 4.69) is 5.48 Å². The van der Waals surface area contributed by atoms with Crippen LogP contribution in [0.15, 0.2) is 30.3 Å². The Labute approximate surface area is 134 Å². The van der Waals surface area contributed by atoms with Gasteiger partial charge in [0.1, 0.15) is 6.54 Å². The van der Waals surface area contributed by atoms with Gasteiger partial charge in [0.25, 0.3) is 5.91 Å². The van der Waals surface area contributed by atoms with Crippen molar-refractivity contribution in [2.75, 3.05) is 6.54 Å². The second-order valence-electron chi connectivity index (χ2n) is 6.06. The molecule has 0 aromatic heterocycles. The van der Waals surface area contributed by atoms with Gasteiger partial charge in [-0.2, -0.15) is 0 Å². The van der Waals surface area contributed by atoms with Gasteiger partial charge in [0.2, 0.25) is 11.8 Å². The Morgan fingerprint density at radius 2 is 1.70 bits per heavy atom. The first-order valence-corrected chi connectivity index (χ1v) is 7.96. The maximum absolute atomic E-state index is 12.3. The molecule has 1 heterocycles. The summed E-state index contributed by atoms with van der Waals surface area (Å²) in [6.07, 6.45) is 3.44. The van der Waals surface area contributed by atoms with Crippen LogP contribution in [-0.2, 0) is 25.8 Å². The van der Waals surface area contributed by atoms with E-state index in [-0.39, 0.29) is 36.8 Å². The number of nitrogens with zero attached hydrogens (tertiary/aromatic N) is 1. The average Bonchev–Trinajstić information content (AvgIpc) is 2.81. The Morgan fingerprint density at radius 3 is 2.30 bits per heavy atom. The Bertz CT molecular complexity index is 578. The van der Waals surface area contributed by atoms with Gasteiger partial charge in [-0.25, -0.2) is 5.48 Å². The zero-order valence-electron chi connectivity index (χ0n) is 12.9. The summed E-state index contributed by atoms with van der Waals surface area (Å²) >= 11 is 0. The van der Waals surface area contributed by atoms with Gasteiger partial charge in [0.05, 0.1) is 18.4 Å². The number of benzene rings is 1. The Hall–Kier alpha value is -2.21. The fraction of sp³-hybridized carbons (Fsp3) is 0.471. The Kier molecular flexibility index (Phi) is 4.71. The van der Waals surface area contributed by atoms with E-state index in [1.807, 2.05) is 30.3 Å². The number of imide groups is 1. The molecule has 1 aliphatic carbocycles. The van der Waals surface area contributed by atoms with Crippen LogP contribution >= 0.6 is 0 Å². The standard InChI is InChI=1S/C17H20N2O4/c20-15(18-23-11-12-6-2-1-3-7-12)10-19-16(21)13-8-4-5-9-14(13)17(19)22/h1-3,6-7,13-14H,4-5,8-11H2,(H,18,20). The molecule has 3 rings (SSSR count). The van der Waals surface area contributed by atoms with Crippen LogP contribution < -0.4 is 5.48 Å². The van der Waals surface area contributed by atoms with Crippen molar-refractivity contribution in [1.29, 1.82) is 0 Å². The van der Waals surface area contributed by atoms with Gasteiger partial charge in [-0.15, -0.1) is 0 Å². The summed E-state index contributed by atoms with van der Waals surface area (Å²) < 4.78 is 0. The van der Waals surface area contributed by atoms with Crippen molar-refractivity contribution in [3.8, 4) is 0 Å². The molecule has 1 aliphatic heterocycles. The molecular formula is C17H20N2O4. The first-order chi connectivity index (χ1) is 11.2. The quantitative estimate of drug-likeness (QED) is 0.658. The summed E-state index contributed by atoms with van der Waals surface area (Å²) in [6.45, 7) is -0.0286. The predicted octanol–water partition coefficient (Wildman–Crippen LogP) is 1.41. The third-order valence-electron chi connectivity index (χ3n) is 4.50. The number of rotatable bonds is 5. The van der Waals surface area contributed by atoms with Gasteiger partial charge < -0.3 is 0 Å². The number of likely N-dealkylation sites (tertiary alicyclic amines) is 1. The highest BCUT2D eigenvalue weighted by Gasteiger charge is 2.48. The Morgan fingerprint density at radius 1 is 1.09 bits per heavy atom. The van der Waals surface area contributed by atoms with E-state index in [9.17, 15) is 14.4 Å². The maximum atomic E-state index is 12.3. The predicted molar refractivity (Wildman–Crippen MR) is 81.5 cm³/mol. The van der Waals surface area contributed by atoms with Crippen LogP contribution in [0, 0.1) is 11.8 Å². The number of carbonyl (C=O) groups is 3. The lowest BCUT2D eigenvalue weighted by molar-refractivity contribution is -0.147. The number of amides is 3. The van der Waals surface area contributed by atoms with E-state index >= 15 is 0 Å². The minimum absolute atomic E-state index is 0.210. The molecule has 1 saturated carbocycles. The Balaban J connectivity index is 1.49. The van der Waals surface area contributed by atoms with Crippen molar-refractivity contribution in [1.82, 2.24) is 10.4 Å². The smallest absolute Gasteiger partial charge is 0.263 e. The minimum Gasteiger partial charge on any atom is -0.274 e. The van der Waals surface area contributed by atoms with Crippen LogP contribution in [0.2, 0.25) is 0 Å². The van der Waals surface area contributed by atoms with E-state index < -0.39 is 5.91 Å². The third-order valence-corrected chi connectivity index (χ3v) is 4.50. The largest absolute Gasteiger partial charge is 0.274 e. The van der Waals surface area contributed by atoms with Crippen molar-refractivity contribution in [2.24, 2.45) is 11.8 Å². The second kappa shape index (κ2) is 6.91. The van der Waals surface area contributed by atoms with E-state index in [0.717, 1.165) is 36.1 Å². The summed E-state index contributed by atoms with van der Waals surface area (Å²) in [7, 11) is 0. The molecule has 122 valence electrons. The molecule has 1 aromatic carbocycles. The van der Waals surface area contributed by atoms with Crippen LogP contribution in [0.5, 0.6) is 0 Å². The molecule has 1 aromatic rings. The summed E-state index contributed by atoms with van der Waals surface area (Å²) in [5.74, 6) is -1.36. The van der Waals surface area contributed by atoms with Gasteiger partial charge in [-0.3, -0.25) is 24.1 Å². The number of carbonyl (C=O) groups excluding carboxylic acids is 3. The van der Waals surface area contributed by atoms with Crippen molar-refractivity contribution in [2.45, 2.75) is 32.3 Å². The van der Waals surface area contributed by atoms with Gasteiger partial charge in [0.15, 0.2) is 0 Å². The zero-order valence-corrected chi connectivity index (χ0v) is 12.9. The lowest BCUT2D eigenvalue weighted by atomic mass is 9.81. The molecular weight excluding hydrogens is 296 g/mol. The van der Waals surface area contributed by atoms with E-state index in [1.165, 1.54) is 0 Å². The summed E-state index contributed by atoms with van der Waals surface area (Å²) in [4.78, 5) is 42.7. The van der Waals surface area contributed by atoms with Crippen molar-refractivity contribution < 1.29 is 19.2 Å². The molecule has 2 unspecified atom stereocenters. The molecule has 0 radical (unpaired) electrons. The summed E-state index contributed by atoms with van der Waals surface area (Å²) in [5, 5.41) is 0. The molecule has 0 bridgehead atoms. The molecule has 2 aliphatic rings. The molecule has 6 heteroatoms. The van der Waals surface area contributed by atoms with Crippen molar-refractivity contribution >= 4 is 17.7 Å². The van der Waals surface area contributed by atoms with Crippen LogP contribution in [0.3, 0.4) is 0 Å². The van der Waals surface area contributed by atoms with E-state index in [4.69, 9.17) is 4.84 Å². The first kappa shape index (κ1) is 15.7. The average molecular weight is 316 g/mol. The number of hydrogen-bond acceptors (Lipinski definition) is 4. The van der Waals surface area contributed by atoms with Gasteiger partial charge in [-0.1, -0.05) is 43.2 Å². The van der Waals surface area contributed by atoms with Gasteiger partial charge >= 0.3 is 0 Å². The normalized spacial score (nSPS) is 23.7. The van der Waals surface area contributed by atoms with Crippen LogP contribution in [0.1, 0.15) is 31.2 Å². The highest BCUT2D eigenvalue weighted by atomic mass is 16.6. The van der Waals surface area contributed by atoms with Crippen LogP contribution in [-0.4, -0.2) is 29.2 Å². The fourth-order valence-corrected chi connectivity index (χ4v) is 3.34. The maximum Gasteiger partial charge on any atom is 0.263 e. The molecule has 1 N–H and O–H groups in total. The fourth-order valence-electron chi connectivity index (χ4n) is 3.34. The number of hydroxylamine groups is 1. The summed E-state index contributed by atoms with van der Waals surface area (Å²) in [5.41, 5.74) is 3.22. The molecule has 23 heavy (non-hydrogen) atoms. The number of nitrogens with one attached hydrogen (secondary N) is 1. The molecule has 6 nitrogen and oxygen atoms in total. The zero-order chi connectivity index (χ0) is 16.2. The SMILES string of the molecule is O=C(CN1C(=O)C2CCCCC2C1=O)NOCc1ccccc1. The second-order valence-corrected chi connectivity index (χ2v) is 6.06. The minimum atomic E-state index is -0.485. The highest BCUT2D eigenvalue weighted by molar-refractivity contribution is 6.07. The molecule has 3 amide bonds. The number of hydrogen-bond donors (Lipinski definition) is 1. The van der Waals surface area contributed by atoms with Crippen LogP contribution in [0.25, 0.3) is 0 Å². The monoisotopic (exact) mass is 316 g/mol. The number of fused-ring (bicyclic) bond motifs is 1. The van der Waals surface area contributed by atoms with Gasteiger partial charge in [-0.05, 0) is 18.4 Å². The molecule has 0 spiro atoms. The van der Waals surface area contributed by atoms with Crippen molar-refractivity contribution in [3.63, 3.8) is 0 Å². The summed E-state index contributed by atoms with van der Waals surface area (Å²) in [6, 6.07) is 9.41. The lowest BCUT2D eigenvalue weighted by Crippen LogP contribution is -2.41. The third kappa shape index (κ3) is 3.42. The van der Waals surface area contributed by atoms with Crippen molar-refractivity contribution in [3.05, 3.63) is 35.9 Å². The van der Waals surface area contributed by atoms with Crippen LogP contribution in [0.4, 0.5) is 0 Å². The lowest BCUT2D eigenvalue weighted by Gasteiger charge is -2.19. The van der Waals surface area contributed by atoms with Gasteiger partial charge in [0, 0.05) is 0 Å². The molecule has 1 saturated heterocycles.